The van der Waals surface area contributed by atoms with Crippen LogP contribution in [0, 0.1) is 5.82 Å². The van der Waals surface area contributed by atoms with E-state index in [0.717, 1.165) is 11.8 Å². The molecule has 1 saturated carbocycles. The molecule has 12 nitrogen and oxygen atoms in total. The molecule has 1 atom stereocenters. The number of benzene rings is 1. The van der Waals surface area contributed by atoms with Gasteiger partial charge in [0.25, 0.3) is 11.5 Å². The zero-order chi connectivity index (χ0) is 29.3. The number of rotatable bonds is 8. The fourth-order valence-corrected chi connectivity index (χ4v) is 5.46. The number of nitrogens with zero attached hydrogens (tertiary/aromatic N) is 6. The standard InChI is InChI=1S/C29H30FN9O3.ClH/c1-18(19-7-8-25(31-15-19)38-17-20(30)16-33-38)34-28(41)29(42-2)12-9-21(10-13-29)39-27(40)23-6-4-3-5-22(23)26(37-39)35-24-11-14-32-36-24;/h3-8,11,14-18,21H,9-10,12-13H2,1-2H3,(H,34,41)(H2,32,35,36,37);1H/t18-,21?,29?;/m0./s1. The maximum atomic E-state index is 13.5. The summed E-state index contributed by atoms with van der Waals surface area (Å²) in [5.41, 5.74) is -0.436. The molecule has 1 aliphatic carbocycles. The van der Waals surface area contributed by atoms with E-state index >= 15 is 0 Å². The van der Waals surface area contributed by atoms with Crippen molar-refractivity contribution in [3.05, 3.63) is 89.0 Å². The fraction of sp³-hybridized carbons (Fsp3) is 0.310. The third-order valence-corrected chi connectivity index (χ3v) is 7.90. The highest BCUT2D eigenvalue weighted by Crippen LogP contribution is 2.37. The topological polar surface area (TPSA) is 145 Å². The van der Waals surface area contributed by atoms with E-state index < -0.39 is 11.4 Å². The van der Waals surface area contributed by atoms with Gasteiger partial charge in [0, 0.05) is 24.8 Å². The Morgan fingerprint density at radius 2 is 1.91 bits per heavy atom. The summed E-state index contributed by atoms with van der Waals surface area (Å²) in [6.07, 6.45) is 7.50. The minimum Gasteiger partial charge on any atom is -0.368 e. The van der Waals surface area contributed by atoms with E-state index in [2.05, 4.69) is 30.9 Å². The minimum atomic E-state index is -1.04. The van der Waals surface area contributed by atoms with Crippen molar-refractivity contribution in [2.24, 2.45) is 0 Å². The van der Waals surface area contributed by atoms with Crippen LogP contribution in [0.3, 0.4) is 0 Å². The Balaban J connectivity index is 0.00000368. The van der Waals surface area contributed by atoms with E-state index in [1.54, 1.807) is 30.6 Å². The fourth-order valence-electron chi connectivity index (χ4n) is 5.46. The van der Waals surface area contributed by atoms with Crippen molar-refractivity contribution in [1.29, 1.82) is 0 Å². The Morgan fingerprint density at radius 1 is 1.14 bits per heavy atom. The van der Waals surface area contributed by atoms with Crippen molar-refractivity contribution in [2.45, 2.75) is 50.3 Å². The van der Waals surface area contributed by atoms with Crippen LogP contribution in [0.1, 0.15) is 50.3 Å². The molecule has 43 heavy (non-hydrogen) atoms. The van der Waals surface area contributed by atoms with E-state index in [0.29, 0.717) is 53.9 Å². The minimum absolute atomic E-state index is 0. The van der Waals surface area contributed by atoms with E-state index in [4.69, 9.17) is 9.84 Å². The number of halogens is 2. The molecule has 3 N–H and O–H groups in total. The van der Waals surface area contributed by atoms with Gasteiger partial charge in [0.1, 0.15) is 11.4 Å². The van der Waals surface area contributed by atoms with Gasteiger partial charge in [-0.05, 0) is 50.3 Å². The van der Waals surface area contributed by atoms with E-state index in [1.807, 2.05) is 31.2 Å². The molecule has 0 saturated heterocycles. The summed E-state index contributed by atoms with van der Waals surface area (Å²) in [5.74, 6) is 0.990. The second-order valence-electron chi connectivity index (χ2n) is 10.4. The summed E-state index contributed by atoms with van der Waals surface area (Å²) in [7, 11) is 1.54. The number of hydrogen-bond acceptors (Lipinski definition) is 8. The Morgan fingerprint density at radius 3 is 2.53 bits per heavy atom. The highest BCUT2D eigenvalue weighted by atomic mass is 35.5. The van der Waals surface area contributed by atoms with Crippen LogP contribution in [0.2, 0.25) is 0 Å². The van der Waals surface area contributed by atoms with Crippen LogP contribution in [0.4, 0.5) is 16.0 Å². The van der Waals surface area contributed by atoms with E-state index in [9.17, 15) is 14.0 Å². The van der Waals surface area contributed by atoms with Crippen molar-refractivity contribution in [3.8, 4) is 5.82 Å². The molecule has 0 aliphatic heterocycles. The summed E-state index contributed by atoms with van der Waals surface area (Å²) in [6.45, 7) is 1.87. The van der Waals surface area contributed by atoms with E-state index in [-0.39, 0.29) is 36.0 Å². The molecule has 14 heteroatoms. The number of H-pyrrole nitrogens is 1. The molecular weight excluding hydrogens is 577 g/mol. The molecule has 6 rings (SSSR count). The van der Waals surface area contributed by atoms with Crippen LogP contribution in [-0.4, -0.2) is 53.4 Å². The summed E-state index contributed by atoms with van der Waals surface area (Å²) >= 11 is 0. The number of fused-ring (bicyclic) bond motifs is 1. The predicted octanol–water partition coefficient (Wildman–Crippen LogP) is 4.38. The lowest BCUT2D eigenvalue weighted by atomic mass is 9.81. The number of anilines is 2. The second-order valence-corrected chi connectivity index (χ2v) is 10.4. The van der Waals surface area contributed by atoms with Crippen molar-refractivity contribution < 1.29 is 13.9 Å². The summed E-state index contributed by atoms with van der Waals surface area (Å²) < 4.78 is 22.0. The molecule has 1 amide bonds. The number of amides is 1. The Kier molecular flexibility index (Phi) is 8.55. The second kappa shape index (κ2) is 12.3. The third-order valence-electron chi connectivity index (χ3n) is 7.90. The lowest BCUT2D eigenvalue weighted by Crippen LogP contribution is -2.51. The molecule has 4 aromatic heterocycles. The van der Waals surface area contributed by atoms with Gasteiger partial charge in [0.15, 0.2) is 17.5 Å². The van der Waals surface area contributed by atoms with Crippen molar-refractivity contribution in [2.75, 3.05) is 12.4 Å². The van der Waals surface area contributed by atoms with Gasteiger partial charge in [-0.25, -0.2) is 18.7 Å². The zero-order valence-electron chi connectivity index (χ0n) is 23.5. The molecule has 5 aromatic rings. The lowest BCUT2D eigenvalue weighted by molar-refractivity contribution is -0.149. The Hall–Kier alpha value is -4.62. The average Bonchev–Trinajstić information content (AvgIpc) is 3.70. The van der Waals surface area contributed by atoms with Gasteiger partial charge in [-0.2, -0.15) is 15.3 Å². The Bertz CT molecular complexity index is 1760. The molecule has 1 aliphatic rings. The monoisotopic (exact) mass is 607 g/mol. The third kappa shape index (κ3) is 5.86. The first-order valence-electron chi connectivity index (χ1n) is 13.7. The van der Waals surface area contributed by atoms with Crippen LogP contribution in [0.15, 0.2) is 72.0 Å². The van der Waals surface area contributed by atoms with Gasteiger partial charge in [-0.15, -0.1) is 12.4 Å². The smallest absolute Gasteiger partial charge is 0.275 e. The van der Waals surface area contributed by atoms with Crippen LogP contribution in [-0.2, 0) is 9.53 Å². The van der Waals surface area contributed by atoms with Crippen molar-refractivity contribution >= 4 is 40.7 Å². The highest BCUT2D eigenvalue weighted by Gasteiger charge is 2.43. The molecule has 224 valence electrons. The summed E-state index contributed by atoms with van der Waals surface area (Å²) in [4.78, 5) is 31.3. The summed E-state index contributed by atoms with van der Waals surface area (Å²) in [6, 6.07) is 12.1. The lowest BCUT2D eigenvalue weighted by Gasteiger charge is -2.38. The maximum absolute atomic E-state index is 13.5. The SMILES string of the molecule is COC1(C(=O)N[C@@H](C)c2ccc(-n3cc(F)cn3)nc2)CCC(n2nc(Nc3ccn[nH]3)c3ccccc3c2=O)CC1.Cl. The molecule has 4 heterocycles. The van der Waals surface area contributed by atoms with Gasteiger partial charge in [0.05, 0.1) is 36.1 Å². The largest absolute Gasteiger partial charge is 0.368 e. The molecule has 1 aromatic carbocycles. The molecule has 1 fully saturated rings. The normalized spacial score (nSPS) is 19.0. The molecule has 0 bridgehead atoms. The van der Waals surface area contributed by atoms with Crippen LogP contribution >= 0.6 is 12.4 Å². The first kappa shape index (κ1) is 29.9. The number of nitrogens with one attached hydrogen (secondary N) is 3. The maximum Gasteiger partial charge on any atom is 0.275 e. The van der Waals surface area contributed by atoms with Crippen molar-refractivity contribution in [3.63, 3.8) is 0 Å². The first-order valence-corrected chi connectivity index (χ1v) is 13.7. The number of aromatic nitrogens is 7. The van der Waals surface area contributed by atoms with Crippen LogP contribution in [0.25, 0.3) is 16.6 Å². The predicted molar refractivity (Wildman–Crippen MR) is 160 cm³/mol. The Labute approximate surface area is 252 Å². The number of hydrogen-bond donors (Lipinski definition) is 3. The van der Waals surface area contributed by atoms with Gasteiger partial charge < -0.3 is 15.4 Å². The number of aromatic amines is 1. The molecule has 0 spiro atoms. The summed E-state index contributed by atoms with van der Waals surface area (Å²) in [5, 5.41) is 23.0. The quantitative estimate of drug-likeness (QED) is 0.236. The number of carbonyl (C=O) groups excluding carboxylic acids is 1. The highest BCUT2D eigenvalue weighted by molar-refractivity contribution is 5.92. The van der Waals surface area contributed by atoms with Crippen LogP contribution in [0.5, 0.6) is 0 Å². The van der Waals surface area contributed by atoms with Gasteiger partial charge in [0.2, 0.25) is 0 Å². The average molecular weight is 608 g/mol. The van der Waals surface area contributed by atoms with Crippen molar-refractivity contribution in [1.82, 2.24) is 40.1 Å². The molecular formula is C29H31ClFN9O3. The van der Waals surface area contributed by atoms with Gasteiger partial charge in [-0.1, -0.05) is 24.3 Å². The van der Waals surface area contributed by atoms with Gasteiger partial charge >= 0.3 is 0 Å². The van der Waals surface area contributed by atoms with E-state index in [1.165, 1.54) is 22.7 Å². The number of pyridine rings is 1. The zero-order valence-corrected chi connectivity index (χ0v) is 24.3. The molecule has 0 unspecified atom stereocenters. The number of ether oxygens (including phenoxy) is 1. The first-order chi connectivity index (χ1) is 20.4. The van der Waals surface area contributed by atoms with Crippen LogP contribution < -0.4 is 16.2 Å². The van der Waals surface area contributed by atoms with Gasteiger partial charge in [-0.3, -0.25) is 14.7 Å². The number of carbonyl (C=O) groups is 1. The number of methoxy groups -OCH3 is 1. The molecule has 0 radical (unpaired) electrons.